The molecule has 25 heavy (non-hydrogen) atoms. The largest absolute Gasteiger partial charge is 0.459 e. The molecule has 3 aliphatic heterocycles. The maximum absolute atomic E-state index is 12.5. The number of carbonyl (C=O) groups excluding carboxylic acids is 2. The summed E-state index contributed by atoms with van der Waals surface area (Å²) in [5, 5.41) is 0. The lowest BCUT2D eigenvalue weighted by atomic mass is 9.44. The van der Waals surface area contributed by atoms with Crippen molar-refractivity contribution in [1.82, 2.24) is 0 Å². The maximum atomic E-state index is 12.5. The fourth-order valence-corrected chi connectivity index (χ4v) is 8.59. The second-order valence-electron chi connectivity index (χ2n) is 9.57. The van der Waals surface area contributed by atoms with Crippen LogP contribution in [-0.2, 0) is 28.5 Å². The molecule has 0 amide bonds. The van der Waals surface area contributed by atoms with Crippen molar-refractivity contribution in [2.75, 3.05) is 0 Å². The van der Waals surface area contributed by atoms with Gasteiger partial charge in [-0.2, -0.15) is 0 Å². The van der Waals surface area contributed by atoms with Gasteiger partial charge in [-0.05, 0) is 38.0 Å². The van der Waals surface area contributed by atoms with Gasteiger partial charge in [-0.3, -0.25) is 4.79 Å². The van der Waals surface area contributed by atoms with Gasteiger partial charge in [-0.1, -0.05) is 0 Å². The molecule has 4 saturated carbocycles. The molecule has 7 aliphatic rings. The molecule has 3 heterocycles. The number of hydrogen-bond acceptors (Lipinski definition) is 6. The molecule has 10 unspecified atom stereocenters. The second-order valence-corrected chi connectivity index (χ2v) is 9.57. The average Bonchev–Trinajstić information content (AvgIpc) is 3.14. The van der Waals surface area contributed by atoms with Gasteiger partial charge in [-0.15, -0.1) is 0 Å². The van der Waals surface area contributed by atoms with E-state index in [0.717, 1.165) is 38.4 Å². The highest BCUT2D eigenvalue weighted by molar-refractivity contribution is 5.73. The first kappa shape index (κ1) is 14.1. The minimum absolute atomic E-state index is 0.161. The van der Waals surface area contributed by atoms with Crippen LogP contribution in [0.1, 0.15) is 45.4 Å². The van der Waals surface area contributed by atoms with E-state index in [4.69, 9.17) is 18.9 Å². The summed E-state index contributed by atoms with van der Waals surface area (Å²) in [5.41, 5.74) is -1.47. The van der Waals surface area contributed by atoms with Gasteiger partial charge in [0.2, 0.25) is 0 Å². The van der Waals surface area contributed by atoms with E-state index in [0.29, 0.717) is 11.8 Å². The molecule has 4 aliphatic carbocycles. The number of fused-ring (bicyclic) bond motifs is 3. The van der Waals surface area contributed by atoms with Crippen LogP contribution in [0.25, 0.3) is 0 Å². The highest BCUT2D eigenvalue weighted by Gasteiger charge is 2.91. The minimum atomic E-state index is -1.08. The molecule has 3 spiro atoms. The number of esters is 1. The van der Waals surface area contributed by atoms with Crippen molar-refractivity contribution < 1.29 is 28.5 Å². The van der Waals surface area contributed by atoms with Crippen LogP contribution in [0.3, 0.4) is 0 Å². The summed E-state index contributed by atoms with van der Waals surface area (Å²) in [6, 6.07) is 0. The zero-order chi connectivity index (χ0) is 16.8. The second kappa shape index (κ2) is 3.69. The Morgan fingerprint density at radius 2 is 2.04 bits per heavy atom. The van der Waals surface area contributed by atoms with Crippen LogP contribution in [0.15, 0.2) is 0 Å². The van der Waals surface area contributed by atoms with Gasteiger partial charge in [0.05, 0.1) is 12.0 Å². The summed E-state index contributed by atoms with van der Waals surface area (Å²) in [4.78, 5) is 24.3. The monoisotopic (exact) mass is 346 g/mol. The normalized spacial score (nSPS) is 68.0. The van der Waals surface area contributed by atoms with E-state index < -0.39 is 17.2 Å². The van der Waals surface area contributed by atoms with Crippen molar-refractivity contribution in [3.8, 4) is 0 Å². The Balaban J connectivity index is 1.55. The van der Waals surface area contributed by atoms with E-state index in [9.17, 15) is 9.59 Å². The molecule has 0 N–H and O–H groups in total. The smallest absolute Gasteiger partial charge is 0.306 e. The molecule has 4 bridgehead atoms. The van der Waals surface area contributed by atoms with Crippen LogP contribution in [0, 0.1) is 29.6 Å². The molecule has 6 nitrogen and oxygen atoms in total. The molecule has 0 aromatic heterocycles. The number of aldehydes is 1. The molecule has 6 heteroatoms. The molecular formula is C19H22O6. The van der Waals surface area contributed by atoms with E-state index in [2.05, 4.69) is 0 Å². The van der Waals surface area contributed by atoms with E-state index in [1.165, 1.54) is 0 Å². The van der Waals surface area contributed by atoms with Crippen molar-refractivity contribution in [3.63, 3.8) is 0 Å². The summed E-state index contributed by atoms with van der Waals surface area (Å²) in [6.07, 6.45) is 5.66. The maximum Gasteiger partial charge on any atom is 0.306 e. The molecular weight excluding hydrogens is 324 g/mol. The molecule has 0 aromatic rings. The summed E-state index contributed by atoms with van der Waals surface area (Å²) < 4.78 is 25.8. The molecule has 134 valence electrons. The van der Waals surface area contributed by atoms with Gasteiger partial charge < -0.3 is 23.7 Å². The molecule has 7 fully saturated rings. The Morgan fingerprint density at radius 1 is 1.16 bits per heavy atom. The van der Waals surface area contributed by atoms with Crippen LogP contribution in [-0.4, -0.2) is 41.1 Å². The van der Waals surface area contributed by atoms with E-state index in [1.54, 1.807) is 0 Å². The summed E-state index contributed by atoms with van der Waals surface area (Å²) >= 11 is 0. The van der Waals surface area contributed by atoms with Crippen LogP contribution in [0.2, 0.25) is 0 Å². The Bertz CT molecular complexity index is 737. The fourth-order valence-electron chi connectivity index (χ4n) is 8.59. The van der Waals surface area contributed by atoms with Crippen molar-refractivity contribution >= 4 is 12.3 Å². The number of carbonyl (C=O) groups is 2. The molecule has 0 radical (unpaired) electrons. The van der Waals surface area contributed by atoms with Gasteiger partial charge in [-0.25, -0.2) is 0 Å². The Labute approximate surface area is 145 Å². The summed E-state index contributed by atoms with van der Waals surface area (Å²) in [5.74, 6) is -0.517. The van der Waals surface area contributed by atoms with E-state index >= 15 is 0 Å². The highest BCUT2D eigenvalue weighted by Crippen LogP contribution is 2.79. The van der Waals surface area contributed by atoms with Gasteiger partial charge in [0.1, 0.15) is 23.6 Å². The first-order chi connectivity index (χ1) is 12.0. The standard InChI is InChI=1S/C19H22O6/c1-16-23-17-7-9-4-12(17)15-19(25-16)11(6-14(21)22-15)10(8-20)2-3-18(19,24-16)13(17)5-9/h8-13,15H,2-7H2,1H3. The van der Waals surface area contributed by atoms with Crippen molar-refractivity contribution in [3.05, 3.63) is 0 Å². The molecule has 10 atom stereocenters. The lowest BCUT2D eigenvalue weighted by molar-refractivity contribution is -0.423. The van der Waals surface area contributed by atoms with Crippen molar-refractivity contribution in [1.29, 1.82) is 0 Å². The Kier molecular flexibility index (Phi) is 2.08. The predicted molar refractivity (Wildman–Crippen MR) is 80.9 cm³/mol. The van der Waals surface area contributed by atoms with Crippen molar-refractivity contribution in [2.24, 2.45) is 29.6 Å². The first-order valence-corrected chi connectivity index (χ1v) is 9.72. The van der Waals surface area contributed by atoms with Crippen LogP contribution < -0.4 is 0 Å². The van der Waals surface area contributed by atoms with E-state index in [1.807, 2.05) is 6.92 Å². The lowest BCUT2D eigenvalue weighted by Gasteiger charge is -2.68. The number of ether oxygens (including phenoxy) is 4. The third-order valence-corrected chi connectivity index (χ3v) is 8.83. The topological polar surface area (TPSA) is 71.1 Å². The zero-order valence-electron chi connectivity index (χ0n) is 14.2. The number of rotatable bonds is 1. The fraction of sp³-hybridized carbons (Fsp3) is 0.895. The molecule has 7 rings (SSSR count). The zero-order valence-corrected chi connectivity index (χ0v) is 14.2. The highest BCUT2D eigenvalue weighted by atomic mass is 16.9. The van der Waals surface area contributed by atoms with E-state index in [-0.39, 0.29) is 41.8 Å². The Hall–Kier alpha value is -0.980. The Morgan fingerprint density at radius 3 is 2.88 bits per heavy atom. The first-order valence-electron chi connectivity index (χ1n) is 9.72. The third kappa shape index (κ3) is 1.18. The predicted octanol–water partition coefficient (Wildman–Crippen LogP) is 1.55. The van der Waals surface area contributed by atoms with Crippen LogP contribution >= 0.6 is 0 Å². The SMILES string of the molecule is CC12OC34CC5CC3C3OC(=O)CC6C(C=O)CCC(O1)(C4C5)C63O2. The summed E-state index contributed by atoms with van der Waals surface area (Å²) in [7, 11) is 0. The van der Waals surface area contributed by atoms with Crippen LogP contribution in [0.5, 0.6) is 0 Å². The van der Waals surface area contributed by atoms with Crippen molar-refractivity contribution in [2.45, 2.75) is 74.3 Å². The van der Waals surface area contributed by atoms with Gasteiger partial charge in [0.15, 0.2) is 0 Å². The number of hydrogen-bond donors (Lipinski definition) is 0. The lowest BCUT2D eigenvalue weighted by Crippen LogP contribution is -2.81. The summed E-state index contributed by atoms with van der Waals surface area (Å²) in [6.45, 7) is 1.88. The van der Waals surface area contributed by atoms with Gasteiger partial charge in [0.25, 0.3) is 5.97 Å². The minimum Gasteiger partial charge on any atom is -0.459 e. The average molecular weight is 346 g/mol. The third-order valence-electron chi connectivity index (χ3n) is 8.83. The molecule has 0 aromatic carbocycles. The van der Waals surface area contributed by atoms with Gasteiger partial charge in [0, 0.05) is 30.6 Å². The quantitative estimate of drug-likeness (QED) is 0.530. The van der Waals surface area contributed by atoms with Gasteiger partial charge >= 0.3 is 5.97 Å². The van der Waals surface area contributed by atoms with Crippen LogP contribution in [0.4, 0.5) is 0 Å². The molecule has 3 saturated heterocycles.